The molecule has 0 radical (unpaired) electrons. The number of amides is 2. The molecule has 2 aliphatic carbocycles. The first-order chi connectivity index (χ1) is 11.1. The van der Waals surface area contributed by atoms with Gasteiger partial charge in [0.1, 0.15) is 0 Å². The van der Waals surface area contributed by atoms with Crippen molar-refractivity contribution >= 4 is 11.8 Å². The van der Waals surface area contributed by atoms with Crippen LogP contribution in [0.3, 0.4) is 0 Å². The van der Waals surface area contributed by atoms with Crippen LogP contribution in [0.2, 0.25) is 0 Å². The van der Waals surface area contributed by atoms with Gasteiger partial charge in [-0.2, -0.15) is 0 Å². The van der Waals surface area contributed by atoms with Crippen LogP contribution >= 0.6 is 0 Å². The molecule has 3 atom stereocenters. The number of ether oxygens (including phenoxy) is 1. The zero-order valence-electron chi connectivity index (χ0n) is 13.4. The zero-order chi connectivity index (χ0) is 16.0. The fraction of sp³-hybridized carbons (Fsp3) is 0.882. The standard InChI is InChI=1S/C17H26N2O4/c20-13-3-11(4-13)17(22)19-8-12-5-14(23-15(12)9-19)6-16(21)18-7-10-1-2-10/h10-15,20H,1-9H2,(H,18,21)/t11?,12-,13?,14-,15+/m0/s1. The number of carbonyl (C=O) groups is 2. The Balaban J connectivity index is 1.20. The highest BCUT2D eigenvalue weighted by molar-refractivity contribution is 5.80. The normalized spacial score (nSPS) is 39.0. The lowest BCUT2D eigenvalue weighted by Gasteiger charge is -2.33. The van der Waals surface area contributed by atoms with Gasteiger partial charge in [-0.15, -0.1) is 0 Å². The van der Waals surface area contributed by atoms with Gasteiger partial charge in [-0.05, 0) is 38.0 Å². The van der Waals surface area contributed by atoms with Crippen LogP contribution < -0.4 is 5.32 Å². The Labute approximate surface area is 136 Å². The topological polar surface area (TPSA) is 78.9 Å². The van der Waals surface area contributed by atoms with E-state index in [1.165, 1.54) is 12.8 Å². The van der Waals surface area contributed by atoms with E-state index in [2.05, 4.69) is 5.32 Å². The van der Waals surface area contributed by atoms with Crippen molar-refractivity contribution in [1.82, 2.24) is 10.2 Å². The van der Waals surface area contributed by atoms with Crippen molar-refractivity contribution in [2.45, 2.75) is 56.8 Å². The molecule has 0 bridgehead atoms. The predicted molar refractivity (Wildman–Crippen MR) is 82.4 cm³/mol. The van der Waals surface area contributed by atoms with Gasteiger partial charge in [0.15, 0.2) is 0 Å². The molecule has 0 spiro atoms. The van der Waals surface area contributed by atoms with E-state index >= 15 is 0 Å². The molecule has 4 fully saturated rings. The predicted octanol–water partition coefficient (Wildman–Crippen LogP) is 0.289. The maximum absolute atomic E-state index is 12.3. The highest BCUT2D eigenvalue weighted by Gasteiger charge is 2.46. The highest BCUT2D eigenvalue weighted by Crippen LogP contribution is 2.37. The summed E-state index contributed by atoms with van der Waals surface area (Å²) in [5.41, 5.74) is 0. The van der Waals surface area contributed by atoms with Crippen LogP contribution in [0.4, 0.5) is 0 Å². The third-order valence-corrected chi connectivity index (χ3v) is 5.79. The molecule has 23 heavy (non-hydrogen) atoms. The Morgan fingerprint density at radius 1 is 1.17 bits per heavy atom. The van der Waals surface area contributed by atoms with Gasteiger partial charge in [-0.3, -0.25) is 9.59 Å². The molecule has 4 rings (SSSR count). The van der Waals surface area contributed by atoms with Crippen molar-refractivity contribution in [1.29, 1.82) is 0 Å². The quantitative estimate of drug-likeness (QED) is 0.762. The van der Waals surface area contributed by atoms with Crippen LogP contribution in [-0.2, 0) is 14.3 Å². The molecule has 2 N–H and O–H groups in total. The zero-order valence-corrected chi connectivity index (χ0v) is 13.4. The largest absolute Gasteiger partial charge is 0.393 e. The number of aliphatic hydroxyl groups is 1. The molecule has 128 valence electrons. The number of rotatable bonds is 5. The summed E-state index contributed by atoms with van der Waals surface area (Å²) in [6, 6.07) is 0. The summed E-state index contributed by atoms with van der Waals surface area (Å²) in [4.78, 5) is 26.1. The molecular weight excluding hydrogens is 296 g/mol. The molecule has 2 saturated heterocycles. The van der Waals surface area contributed by atoms with Crippen LogP contribution in [0, 0.1) is 17.8 Å². The van der Waals surface area contributed by atoms with Crippen molar-refractivity contribution in [3.63, 3.8) is 0 Å². The summed E-state index contributed by atoms with van der Waals surface area (Å²) in [5.74, 6) is 1.34. The number of carbonyl (C=O) groups excluding carboxylic acids is 2. The SMILES string of the molecule is O=C(C[C@@H]1C[C@H]2CN(C(=O)C3CC(O)C3)C[C@H]2O1)NCC1CC1. The molecule has 6 heteroatoms. The van der Waals surface area contributed by atoms with Gasteiger partial charge in [0, 0.05) is 31.5 Å². The number of aliphatic hydroxyl groups excluding tert-OH is 1. The molecule has 2 amide bonds. The first kappa shape index (κ1) is 15.4. The monoisotopic (exact) mass is 322 g/mol. The smallest absolute Gasteiger partial charge is 0.225 e. The van der Waals surface area contributed by atoms with Gasteiger partial charge in [-0.1, -0.05) is 0 Å². The van der Waals surface area contributed by atoms with Crippen LogP contribution in [0.1, 0.15) is 38.5 Å². The van der Waals surface area contributed by atoms with E-state index in [4.69, 9.17) is 4.74 Å². The van der Waals surface area contributed by atoms with Crippen molar-refractivity contribution in [2.24, 2.45) is 17.8 Å². The number of hydrogen-bond acceptors (Lipinski definition) is 4. The van der Waals surface area contributed by atoms with E-state index < -0.39 is 0 Å². The number of hydrogen-bond donors (Lipinski definition) is 2. The molecule has 0 unspecified atom stereocenters. The Bertz CT molecular complexity index is 473. The lowest BCUT2D eigenvalue weighted by molar-refractivity contribution is -0.142. The molecule has 6 nitrogen and oxygen atoms in total. The lowest BCUT2D eigenvalue weighted by Crippen LogP contribution is -2.43. The highest BCUT2D eigenvalue weighted by atomic mass is 16.5. The number of fused-ring (bicyclic) bond motifs is 1. The maximum atomic E-state index is 12.3. The third-order valence-electron chi connectivity index (χ3n) is 5.79. The second-order valence-corrected chi connectivity index (χ2v) is 7.81. The van der Waals surface area contributed by atoms with Crippen LogP contribution in [-0.4, -0.2) is 59.8 Å². The molecule has 2 saturated carbocycles. The van der Waals surface area contributed by atoms with E-state index in [1.807, 2.05) is 4.90 Å². The summed E-state index contributed by atoms with van der Waals surface area (Å²) < 4.78 is 6.01. The summed E-state index contributed by atoms with van der Waals surface area (Å²) in [5, 5.41) is 12.3. The van der Waals surface area contributed by atoms with Gasteiger partial charge >= 0.3 is 0 Å². The molecule has 2 aliphatic heterocycles. The third kappa shape index (κ3) is 3.38. The van der Waals surface area contributed by atoms with E-state index in [0.29, 0.717) is 37.6 Å². The number of likely N-dealkylation sites (tertiary alicyclic amines) is 1. The van der Waals surface area contributed by atoms with Gasteiger partial charge in [-0.25, -0.2) is 0 Å². The fourth-order valence-electron chi connectivity index (χ4n) is 4.08. The fourth-order valence-corrected chi connectivity index (χ4v) is 4.08. The minimum Gasteiger partial charge on any atom is -0.393 e. The molecule has 0 aromatic rings. The average Bonchev–Trinajstić information content (AvgIpc) is 3.12. The van der Waals surface area contributed by atoms with Gasteiger partial charge < -0.3 is 20.1 Å². The first-order valence-electron chi connectivity index (χ1n) is 8.97. The molecule has 4 aliphatic rings. The van der Waals surface area contributed by atoms with Crippen LogP contribution in [0.5, 0.6) is 0 Å². The average molecular weight is 322 g/mol. The summed E-state index contributed by atoms with van der Waals surface area (Å²) >= 11 is 0. The van der Waals surface area contributed by atoms with Crippen molar-refractivity contribution in [3.8, 4) is 0 Å². The minimum atomic E-state index is -0.291. The maximum Gasteiger partial charge on any atom is 0.225 e. The summed E-state index contributed by atoms with van der Waals surface area (Å²) in [6.45, 7) is 2.21. The Morgan fingerprint density at radius 2 is 1.96 bits per heavy atom. The summed E-state index contributed by atoms with van der Waals surface area (Å²) in [7, 11) is 0. The first-order valence-corrected chi connectivity index (χ1v) is 8.97. The van der Waals surface area contributed by atoms with Gasteiger partial charge in [0.25, 0.3) is 0 Å². The van der Waals surface area contributed by atoms with E-state index in [0.717, 1.165) is 19.5 Å². The van der Waals surface area contributed by atoms with Crippen molar-refractivity contribution in [2.75, 3.05) is 19.6 Å². The van der Waals surface area contributed by atoms with Gasteiger partial charge in [0.2, 0.25) is 11.8 Å². The van der Waals surface area contributed by atoms with Crippen molar-refractivity contribution in [3.05, 3.63) is 0 Å². The Hall–Kier alpha value is -1.14. The van der Waals surface area contributed by atoms with E-state index in [1.54, 1.807) is 0 Å². The second-order valence-electron chi connectivity index (χ2n) is 7.81. The molecule has 0 aromatic heterocycles. The second kappa shape index (κ2) is 6.06. The van der Waals surface area contributed by atoms with Crippen LogP contribution in [0.25, 0.3) is 0 Å². The molecule has 0 aromatic carbocycles. The number of nitrogens with one attached hydrogen (secondary N) is 1. The van der Waals surface area contributed by atoms with E-state index in [9.17, 15) is 14.7 Å². The summed E-state index contributed by atoms with van der Waals surface area (Å²) in [6.07, 6.45) is 4.82. The Morgan fingerprint density at radius 3 is 2.61 bits per heavy atom. The van der Waals surface area contributed by atoms with Gasteiger partial charge in [0.05, 0.1) is 24.7 Å². The minimum absolute atomic E-state index is 0.00646. The molecular formula is C17H26N2O4. The van der Waals surface area contributed by atoms with Crippen molar-refractivity contribution < 1.29 is 19.4 Å². The Kier molecular flexibility index (Phi) is 4.05. The molecule has 2 heterocycles. The number of nitrogens with zero attached hydrogens (tertiary/aromatic N) is 1. The van der Waals surface area contributed by atoms with Crippen LogP contribution in [0.15, 0.2) is 0 Å². The lowest BCUT2D eigenvalue weighted by atomic mass is 9.81. The van der Waals surface area contributed by atoms with E-state index in [-0.39, 0.29) is 36.0 Å².